The molecule has 1 fully saturated rings. The van der Waals surface area contributed by atoms with Crippen molar-refractivity contribution in [2.24, 2.45) is 0 Å². The summed E-state index contributed by atoms with van der Waals surface area (Å²) in [5, 5.41) is 3.58. The highest BCUT2D eigenvalue weighted by Crippen LogP contribution is 2.30. The molecule has 0 saturated heterocycles. The van der Waals surface area contributed by atoms with Crippen molar-refractivity contribution in [1.82, 2.24) is 0 Å². The molecule has 1 aliphatic carbocycles. The maximum absolute atomic E-state index is 5.64. The second kappa shape index (κ2) is 6.21. The first-order valence-corrected chi connectivity index (χ1v) is 6.79. The van der Waals surface area contributed by atoms with Crippen molar-refractivity contribution in [3.63, 3.8) is 0 Å². The second-order valence-electron chi connectivity index (χ2n) is 4.69. The molecule has 3 atom stereocenters. The number of nitrogens with one attached hydrogen (secondary N) is 1. The fourth-order valence-corrected chi connectivity index (χ4v) is 2.59. The van der Waals surface area contributed by atoms with Crippen LogP contribution in [-0.2, 0) is 15.9 Å². The van der Waals surface area contributed by atoms with E-state index in [4.69, 9.17) is 9.47 Å². The number of anilines is 1. The largest absolute Gasteiger partial charge is 0.379 e. The standard InChI is InChI=1S/C15H23NO2/c1-4-11-8-6-7-9-12(11)16-13-10-14(18-5-2)15(13)17-3/h6-9,13-16H,4-5,10H2,1-3H3. The van der Waals surface area contributed by atoms with Crippen molar-refractivity contribution in [2.75, 3.05) is 19.0 Å². The van der Waals surface area contributed by atoms with Crippen LogP contribution in [0.3, 0.4) is 0 Å². The van der Waals surface area contributed by atoms with Crippen molar-refractivity contribution >= 4 is 5.69 Å². The minimum atomic E-state index is 0.162. The SMILES string of the molecule is CCOC1CC(Nc2ccccc2CC)C1OC. The topological polar surface area (TPSA) is 30.5 Å². The summed E-state index contributed by atoms with van der Waals surface area (Å²) < 4.78 is 11.2. The Morgan fingerprint density at radius 2 is 2.06 bits per heavy atom. The molecule has 1 N–H and O–H groups in total. The van der Waals surface area contributed by atoms with E-state index in [1.54, 1.807) is 7.11 Å². The Kier molecular flexibility index (Phi) is 4.61. The van der Waals surface area contributed by atoms with E-state index in [0.717, 1.165) is 19.4 Å². The number of hydrogen-bond acceptors (Lipinski definition) is 3. The molecule has 0 radical (unpaired) electrons. The molecule has 3 nitrogen and oxygen atoms in total. The minimum absolute atomic E-state index is 0.162. The van der Waals surface area contributed by atoms with E-state index in [0.29, 0.717) is 6.04 Å². The van der Waals surface area contributed by atoms with Crippen LogP contribution < -0.4 is 5.32 Å². The first kappa shape index (κ1) is 13.4. The average Bonchev–Trinajstić information content (AvgIpc) is 2.38. The van der Waals surface area contributed by atoms with Crippen LogP contribution in [0.2, 0.25) is 0 Å². The molecule has 1 aromatic rings. The summed E-state index contributed by atoms with van der Waals surface area (Å²) in [5.41, 5.74) is 2.58. The molecule has 1 saturated carbocycles. The van der Waals surface area contributed by atoms with Gasteiger partial charge in [0, 0.05) is 19.4 Å². The normalized spacial score (nSPS) is 26.7. The van der Waals surface area contributed by atoms with E-state index >= 15 is 0 Å². The lowest BCUT2D eigenvalue weighted by molar-refractivity contribution is -0.118. The molecule has 0 aliphatic heterocycles. The number of hydrogen-bond donors (Lipinski definition) is 1. The molecule has 0 spiro atoms. The Labute approximate surface area is 109 Å². The molecule has 18 heavy (non-hydrogen) atoms. The van der Waals surface area contributed by atoms with E-state index in [2.05, 4.69) is 36.5 Å². The molecule has 3 heteroatoms. The first-order chi connectivity index (χ1) is 8.80. The van der Waals surface area contributed by atoms with Crippen molar-refractivity contribution < 1.29 is 9.47 Å². The van der Waals surface area contributed by atoms with Crippen LogP contribution in [0.15, 0.2) is 24.3 Å². The van der Waals surface area contributed by atoms with Crippen molar-refractivity contribution in [2.45, 2.75) is 44.9 Å². The zero-order valence-corrected chi connectivity index (χ0v) is 11.5. The van der Waals surface area contributed by atoms with Crippen molar-refractivity contribution in [3.8, 4) is 0 Å². The molecule has 0 heterocycles. The zero-order valence-electron chi connectivity index (χ0n) is 11.5. The molecule has 0 bridgehead atoms. The first-order valence-electron chi connectivity index (χ1n) is 6.79. The van der Waals surface area contributed by atoms with Crippen LogP contribution >= 0.6 is 0 Å². The Morgan fingerprint density at radius 1 is 1.28 bits per heavy atom. The number of ether oxygens (including phenoxy) is 2. The van der Waals surface area contributed by atoms with Crippen LogP contribution in [0.1, 0.15) is 25.8 Å². The number of para-hydroxylation sites is 1. The Morgan fingerprint density at radius 3 is 2.72 bits per heavy atom. The maximum atomic E-state index is 5.64. The molecule has 2 rings (SSSR count). The van der Waals surface area contributed by atoms with Gasteiger partial charge in [-0.1, -0.05) is 25.1 Å². The average molecular weight is 249 g/mol. The Bertz CT molecular complexity index is 381. The molecular weight excluding hydrogens is 226 g/mol. The second-order valence-corrected chi connectivity index (χ2v) is 4.69. The summed E-state index contributed by atoms with van der Waals surface area (Å²) >= 11 is 0. The summed E-state index contributed by atoms with van der Waals surface area (Å²) in [6.07, 6.45) is 2.47. The third-order valence-corrected chi connectivity index (χ3v) is 3.64. The van der Waals surface area contributed by atoms with Crippen LogP contribution in [-0.4, -0.2) is 32.0 Å². The summed E-state index contributed by atoms with van der Waals surface area (Å²) in [7, 11) is 1.76. The lowest BCUT2D eigenvalue weighted by atomic mass is 9.84. The van der Waals surface area contributed by atoms with Gasteiger partial charge in [0.05, 0.1) is 12.1 Å². The molecule has 0 amide bonds. The van der Waals surface area contributed by atoms with Crippen LogP contribution in [0.4, 0.5) is 5.69 Å². The van der Waals surface area contributed by atoms with Gasteiger partial charge >= 0.3 is 0 Å². The lowest BCUT2D eigenvalue weighted by Gasteiger charge is -2.44. The van der Waals surface area contributed by atoms with Gasteiger partial charge in [0.25, 0.3) is 0 Å². The van der Waals surface area contributed by atoms with Gasteiger partial charge in [-0.3, -0.25) is 0 Å². The van der Waals surface area contributed by atoms with Crippen molar-refractivity contribution in [1.29, 1.82) is 0 Å². The van der Waals surface area contributed by atoms with Crippen molar-refractivity contribution in [3.05, 3.63) is 29.8 Å². The predicted octanol–water partition coefficient (Wildman–Crippen LogP) is 2.85. The Balaban J connectivity index is 1.98. The van der Waals surface area contributed by atoms with E-state index in [1.165, 1.54) is 11.3 Å². The summed E-state index contributed by atoms with van der Waals surface area (Å²) in [4.78, 5) is 0. The summed E-state index contributed by atoms with van der Waals surface area (Å²) in [6, 6.07) is 8.82. The summed E-state index contributed by atoms with van der Waals surface area (Å²) in [6.45, 7) is 4.96. The van der Waals surface area contributed by atoms with Gasteiger partial charge in [0.1, 0.15) is 6.10 Å². The predicted molar refractivity (Wildman–Crippen MR) is 74.1 cm³/mol. The van der Waals surface area contributed by atoms with Gasteiger partial charge < -0.3 is 14.8 Å². The number of aryl methyl sites for hydroxylation is 1. The number of benzene rings is 1. The highest BCUT2D eigenvalue weighted by molar-refractivity contribution is 5.52. The van der Waals surface area contributed by atoms with Gasteiger partial charge in [-0.2, -0.15) is 0 Å². The fraction of sp³-hybridized carbons (Fsp3) is 0.600. The minimum Gasteiger partial charge on any atom is -0.379 e. The molecule has 1 aliphatic rings. The Hall–Kier alpha value is -1.06. The fourth-order valence-electron chi connectivity index (χ4n) is 2.59. The van der Waals surface area contributed by atoms with Gasteiger partial charge in [-0.15, -0.1) is 0 Å². The highest BCUT2D eigenvalue weighted by Gasteiger charge is 2.42. The molecule has 3 unspecified atom stereocenters. The van der Waals surface area contributed by atoms with Crippen LogP contribution in [0, 0.1) is 0 Å². The zero-order chi connectivity index (χ0) is 13.0. The number of rotatable bonds is 6. The smallest absolute Gasteiger partial charge is 0.103 e. The van der Waals surface area contributed by atoms with Gasteiger partial charge in [0.15, 0.2) is 0 Å². The van der Waals surface area contributed by atoms with Crippen LogP contribution in [0.5, 0.6) is 0 Å². The third-order valence-electron chi connectivity index (χ3n) is 3.64. The quantitative estimate of drug-likeness (QED) is 0.841. The van der Waals surface area contributed by atoms with E-state index < -0.39 is 0 Å². The molecule has 0 aromatic heterocycles. The summed E-state index contributed by atoms with van der Waals surface area (Å²) in [5.74, 6) is 0. The van der Waals surface area contributed by atoms with Gasteiger partial charge in [-0.25, -0.2) is 0 Å². The van der Waals surface area contributed by atoms with Gasteiger partial charge in [-0.05, 0) is 31.4 Å². The maximum Gasteiger partial charge on any atom is 0.103 e. The number of methoxy groups -OCH3 is 1. The third kappa shape index (κ3) is 2.68. The monoisotopic (exact) mass is 249 g/mol. The van der Waals surface area contributed by atoms with Gasteiger partial charge in [0.2, 0.25) is 0 Å². The molecular formula is C15H23NO2. The van der Waals surface area contributed by atoms with Crippen LogP contribution in [0.25, 0.3) is 0 Å². The van der Waals surface area contributed by atoms with E-state index in [1.807, 2.05) is 6.92 Å². The van der Waals surface area contributed by atoms with E-state index in [9.17, 15) is 0 Å². The molecule has 100 valence electrons. The van der Waals surface area contributed by atoms with E-state index in [-0.39, 0.29) is 12.2 Å². The highest BCUT2D eigenvalue weighted by atomic mass is 16.5. The lowest BCUT2D eigenvalue weighted by Crippen LogP contribution is -2.56. The molecule has 1 aromatic carbocycles.